The van der Waals surface area contributed by atoms with Crippen LogP contribution in [-0.2, 0) is 29.9 Å². The average Bonchev–Trinajstić information content (AvgIpc) is 3.56. The molecule has 1 aliphatic carbocycles. The van der Waals surface area contributed by atoms with E-state index in [0.29, 0.717) is 35.5 Å². The number of nitrogens with one attached hydrogen (secondary N) is 1. The van der Waals surface area contributed by atoms with E-state index in [1.165, 1.54) is 4.68 Å². The van der Waals surface area contributed by atoms with Crippen LogP contribution < -0.4 is 5.32 Å². The van der Waals surface area contributed by atoms with Crippen LogP contribution in [0, 0.1) is 0 Å². The van der Waals surface area contributed by atoms with Gasteiger partial charge in [-0.15, -0.1) is 0 Å². The quantitative estimate of drug-likeness (QED) is 0.449. The zero-order chi connectivity index (χ0) is 28.0. The number of hydrogen-bond acceptors (Lipinski definition) is 7. The number of benzene rings is 1. The second-order valence-electron chi connectivity index (χ2n) is 11.2. The first-order chi connectivity index (χ1) is 17.7. The largest absolute Gasteiger partial charge is 0.390 e. The number of rotatable bonds is 10. The number of fused-ring (bicyclic) bond motifs is 1. The number of carbonyl (C=O) groups is 2. The lowest BCUT2D eigenvalue weighted by atomic mass is 10.0. The summed E-state index contributed by atoms with van der Waals surface area (Å²) in [6, 6.07) is 7.13. The Labute approximate surface area is 228 Å². The molecule has 4 rings (SSSR count). The molecule has 0 spiro atoms. The fourth-order valence-electron chi connectivity index (χ4n) is 5.07. The number of aromatic nitrogens is 2. The highest BCUT2D eigenvalue weighted by Crippen LogP contribution is 2.50. The van der Waals surface area contributed by atoms with Crippen molar-refractivity contribution < 1.29 is 23.1 Å². The van der Waals surface area contributed by atoms with Crippen LogP contribution in [0.15, 0.2) is 24.3 Å². The van der Waals surface area contributed by atoms with Crippen LogP contribution in [0.2, 0.25) is 5.02 Å². The third kappa shape index (κ3) is 5.09. The summed E-state index contributed by atoms with van der Waals surface area (Å²) in [5.74, 6) is -0.720. The van der Waals surface area contributed by atoms with Gasteiger partial charge in [-0.1, -0.05) is 23.7 Å². The van der Waals surface area contributed by atoms with E-state index in [9.17, 15) is 23.1 Å². The fourth-order valence-corrected chi connectivity index (χ4v) is 7.71. The molecule has 2 aromatic rings. The number of aliphatic hydroxyl groups is 1. The Morgan fingerprint density at radius 2 is 1.89 bits per heavy atom. The number of sulfone groups is 1. The molecule has 1 atom stereocenters. The molecule has 2 amide bonds. The third-order valence-electron chi connectivity index (χ3n) is 7.74. The van der Waals surface area contributed by atoms with Crippen molar-refractivity contribution in [1.82, 2.24) is 24.9 Å². The van der Waals surface area contributed by atoms with Crippen LogP contribution >= 0.6 is 11.6 Å². The highest BCUT2D eigenvalue weighted by Gasteiger charge is 2.62. The maximum absolute atomic E-state index is 13.8. The minimum atomic E-state index is -3.79. The first-order valence-corrected chi connectivity index (χ1v) is 14.5. The predicted molar refractivity (Wildman–Crippen MR) is 145 cm³/mol. The molecular formula is C26H36ClN5O5S. The maximum atomic E-state index is 13.8. The van der Waals surface area contributed by atoms with Gasteiger partial charge in [0.25, 0.3) is 11.8 Å². The molecule has 2 N–H and O–H groups in total. The Hall–Kier alpha value is -2.47. The Morgan fingerprint density at radius 3 is 2.47 bits per heavy atom. The van der Waals surface area contributed by atoms with Crippen molar-refractivity contribution in [2.24, 2.45) is 7.05 Å². The monoisotopic (exact) mass is 565 g/mol. The van der Waals surface area contributed by atoms with Crippen LogP contribution in [0.25, 0.3) is 0 Å². The second-order valence-corrected chi connectivity index (χ2v) is 14.5. The molecule has 1 fully saturated rings. The van der Waals surface area contributed by atoms with Crippen molar-refractivity contribution in [3.8, 4) is 0 Å². The van der Waals surface area contributed by atoms with Crippen LogP contribution in [0.5, 0.6) is 0 Å². The first-order valence-electron chi connectivity index (χ1n) is 12.6. The predicted octanol–water partition coefficient (Wildman–Crippen LogP) is 1.65. The van der Waals surface area contributed by atoms with Crippen LogP contribution in [0.3, 0.4) is 0 Å². The molecule has 10 nitrogen and oxygen atoms in total. The van der Waals surface area contributed by atoms with Gasteiger partial charge in [0, 0.05) is 43.8 Å². The van der Waals surface area contributed by atoms with Crippen LogP contribution in [0.4, 0.5) is 0 Å². The molecule has 0 radical (unpaired) electrons. The molecule has 38 heavy (non-hydrogen) atoms. The second kappa shape index (κ2) is 10.3. The number of halogens is 1. The van der Waals surface area contributed by atoms with Crippen molar-refractivity contribution >= 4 is 33.3 Å². The average molecular weight is 566 g/mol. The Kier molecular flexibility index (Phi) is 7.70. The van der Waals surface area contributed by atoms with Gasteiger partial charge in [0.15, 0.2) is 15.5 Å². The molecule has 12 heteroatoms. The number of amides is 2. The summed E-state index contributed by atoms with van der Waals surface area (Å²) >= 11 is 5.92. The summed E-state index contributed by atoms with van der Waals surface area (Å²) in [5, 5.41) is 18.5. The summed E-state index contributed by atoms with van der Waals surface area (Å²) < 4.78 is 26.5. The van der Waals surface area contributed by atoms with Gasteiger partial charge in [-0.05, 0) is 64.9 Å². The van der Waals surface area contributed by atoms with Crippen LogP contribution in [-0.4, -0.2) is 94.2 Å². The fraction of sp³-hybridized carbons (Fsp3) is 0.577. The number of likely N-dealkylation sites (N-methyl/N-ethyl adjacent to an activating group) is 1. The highest BCUT2D eigenvalue weighted by molar-refractivity contribution is 7.94. The molecule has 2 aliphatic rings. The van der Waals surface area contributed by atoms with E-state index in [4.69, 9.17) is 11.6 Å². The lowest BCUT2D eigenvalue weighted by Gasteiger charge is -2.38. The number of nitrogens with zero attached hydrogens (tertiary/aromatic N) is 4. The van der Waals surface area contributed by atoms with Gasteiger partial charge < -0.3 is 20.2 Å². The van der Waals surface area contributed by atoms with E-state index < -0.39 is 25.4 Å². The van der Waals surface area contributed by atoms with Gasteiger partial charge in [0.1, 0.15) is 5.69 Å². The summed E-state index contributed by atoms with van der Waals surface area (Å²) in [7, 11) is 1.38. The molecule has 2 heterocycles. The SMILES string of the molecule is CN(C)C[C@H](O)C(C)(C)S(=O)(=O)C1(CN2CCc3c(C(=O)NCc4ccc(Cl)cc4)nn(C)c3C2=O)CC1. The van der Waals surface area contributed by atoms with Crippen molar-refractivity contribution in [3.05, 3.63) is 51.8 Å². The maximum Gasteiger partial charge on any atom is 0.272 e. The van der Waals surface area contributed by atoms with E-state index in [1.807, 2.05) is 12.1 Å². The summed E-state index contributed by atoms with van der Waals surface area (Å²) in [5.41, 5.74) is 1.94. The summed E-state index contributed by atoms with van der Waals surface area (Å²) in [6.45, 7) is 3.96. The van der Waals surface area contributed by atoms with Gasteiger partial charge in [0.2, 0.25) is 0 Å². The van der Waals surface area contributed by atoms with Gasteiger partial charge in [-0.25, -0.2) is 8.42 Å². The topological polar surface area (TPSA) is 125 Å². The molecule has 1 aromatic heterocycles. The number of aliphatic hydroxyl groups excluding tert-OH is 1. The molecule has 0 unspecified atom stereocenters. The molecule has 208 valence electrons. The van der Waals surface area contributed by atoms with E-state index in [0.717, 1.165) is 5.56 Å². The van der Waals surface area contributed by atoms with Crippen molar-refractivity contribution in [1.29, 1.82) is 0 Å². The molecule has 0 bridgehead atoms. The van der Waals surface area contributed by atoms with Gasteiger partial charge in [0.05, 0.1) is 15.6 Å². The molecule has 1 aliphatic heterocycles. The van der Waals surface area contributed by atoms with Crippen molar-refractivity contribution in [2.45, 2.75) is 55.3 Å². The van der Waals surface area contributed by atoms with E-state index in [-0.39, 0.29) is 43.7 Å². The number of hydrogen-bond donors (Lipinski definition) is 2. The Morgan fingerprint density at radius 1 is 1.26 bits per heavy atom. The minimum Gasteiger partial charge on any atom is -0.390 e. The smallest absolute Gasteiger partial charge is 0.272 e. The zero-order valence-corrected chi connectivity index (χ0v) is 24.1. The van der Waals surface area contributed by atoms with Crippen LogP contribution in [0.1, 0.15) is 58.8 Å². The van der Waals surface area contributed by atoms with Gasteiger partial charge in [-0.3, -0.25) is 14.3 Å². The lowest BCUT2D eigenvalue weighted by Crippen LogP contribution is -2.56. The van der Waals surface area contributed by atoms with E-state index >= 15 is 0 Å². The van der Waals surface area contributed by atoms with E-state index in [1.54, 1.807) is 56.9 Å². The van der Waals surface area contributed by atoms with Gasteiger partial charge in [-0.2, -0.15) is 5.10 Å². The third-order valence-corrected chi connectivity index (χ3v) is 11.3. The zero-order valence-electron chi connectivity index (χ0n) is 22.5. The van der Waals surface area contributed by atoms with Crippen molar-refractivity contribution in [3.63, 3.8) is 0 Å². The molecule has 1 saturated carbocycles. The molecular weight excluding hydrogens is 530 g/mol. The van der Waals surface area contributed by atoms with Crippen molar-refractivity contribution in [2.75, 3.05) is 33.7 Å². The molecule has 0 saturated heterocycles. The Balaban J connectivity index is 1.50. The minimum absolute atomic E-state index is 0.0506. The molecule has 1 aromatic carbocycles. The van der Waals surface area contributed by atoms with Gasteiger partial charge >= 0.3 is 0 Å². The lowest BCUT2D eigenvalue weighted by molar-refractivity contribution is 0.0722. The normalized spacial score (nSPS) is 17.9. The van der Waals surface area contributed by atoms with E-state index in [2.05, 4.69) is 10.4 Å². The standard InChI is InChI=1S/C26H36ClN5O5S/c1-25(2,20(33)15-30(3)4)38(36,37)26(11-12-26)16-32-13-10-19-21(29-31(5)22(19)24(32)35)23(34)28-14-17-6-8-18(27)9-7-17/h6-9,20,33H,10-16H2,1-5H3,(H,28,34)/t20-/m0/s1. The number of carbonyl (C=O) groups excluding carboxylic acids is 2. The summed E-state index contributed by atoms with van der Waals surface area (Å²) in [4.78, 5) is 29.8. The Bertz CT molecular complexity index is 1330. The first kappa shape index (κ1) is 28.5. The highest BCUT2D eigenvalue weighted by atomic mass is 35.5. The number of aryl methyl sites for hydroxylation is 1. The summed E-state index contributed by atoms with van der Waals surface area (Å²) in [6.07, 6.45) is 0.193.